The molecule has 0 atom stereocenters. The van der Waals surface area contributed by atoms with Gasteiger partial charge in [0.2, 0.25) is 0 Å². The molecule has 2 aromatic rings. The number of phenols is 1. The molecule has 0 unspecified atom stereocenters. The van der Waals surface area contributed by atoms with Crippen LogP contribution < -0.4 is 9.47 Å². The van der Waals surface area contributed by atoms with E-state index < -0.39 is 0 Å². The van der Waals surface area contributed by atoms with Gasteiger partial charge in [-0.15, -0.1) is 0 Å². The SMILES string of the molecule is COc1cccnc1Oc1ccc(O)cc1. The Labute approximate surface area is 93.1 Å². The Bertz CT molecular complexity index is 468. The smallest absolute Gasteiger partial charge is 0.262 e. The van der Waals surface area contributed by atoms with E-state index >= 15 is 0 Å². The van der Waals surface area contributed by atoms with Crippen LogP contribution in [-0.4, -0.2) is 17.2 Å². The van der Waals surface area contributed by atoms with Crippen molar-refractivity contribution in [3.8, 4) is 23.1 Å². The number of phenolic OH excluding ortho intramolecular Hbond substituents is 1. The topological polar surface area (TPSA) is 51.6 Å². The van der Waals surface area contributed by atoms with Crippen molar-refractivity contribution in [2.75, 3.05) is 7.11 Å². The summed E-state index contributed by atoms with van der Waals surface area (Å²) in [6.45, 7) is 0. The van der Waals surface area contributed by atoms with E-state index in [-0.39, 0.29) is 5.75 Å². The number of aromatic nitrogens is 1. The fourth-order valence-corrected chi connectivity index (χ4v) is 1.23. The molecule has 1 N–H and O–H groups in total. The molecule has 16 heavy (non-hydrogen) atoms. The Kier molecular flexibility index (Phi) is 2.91. The first-order valence-corrected chi connectivity index (χ1v) is 4.75. The molecule has 0 aliphatic rings. The Morgan fingerprint density at radius 1 is 1.12 bits per heavy atom. The lowest BCUT2D eigenvalue weighted by molar-refractivity contribution is 0.369. The first-order chi connectivity index (χ1) is 7.79. The van der Waals surface area contributed by atoms with E-state index in [2.05, 4.69) is 4.98 Å². The van der Waals surface area contributed by atoms with Crippen LogP contribution in [0.15, 0.2) is 42.6 Å². The van der Waals surface area contributed by atoms with E-state index in [9.17, 15) is 0 Å². The van der Waals surface area contributed by atoms with Crippen LogP contribution >= 0.6 is 0 Å². The number of rotatable bonds is 3. The molecular weight excluding hydrogens is 206 g/mol. The Hall–Kier alpha value is -2.23. The van der Waals surface area contributed by atoms with Gasteiger partial charge in [0.1, 0.15) is 11.5 Å². The highest BCUT2D eigenvalue weighted by Crippen LogP contribution is 2.28. The molecule has 82 valence electrons. The number of pyridine rings is 1. The number of methoxy groups -OCH3 is 1. The second kappa shape index (κ2) is 4.53. The Balaban J connectivity index is 2.23. The third-order valence-electron chi connectivity index (χ3n) is 2.01. The highest BCUT2D eigenvalue weighted by atomic mass is 16.5. The molecule has 4 heteroatoms. The molecule has 0 radical (unpaired) electrons. The van der Waals surface area contributed by atoms with Crippen molar-refractivity contribution in [2.24, 2.45) is 0 Å². The summed E-state index contributed by atoms with van der Waals surface area (Å²) >= 11 is 0. The van der Waals surface area contributed by atoms with E-state index in [4.69, 9.17) is 14.6 Å². The zero-order valence-corrected chi connectivity index (χ0v) is 8.75. The minimum atomic E-state index is 0.195. The number of nitrogens with zero attached hydrogens (tertiary/aromatic N) is 1. The molecule has 0 amide bonds. The Morgan fingerprint density at radius 3 is 2.56 bits per heavy atom. The molecule has 1 aromatic carbocycles. The number of hydrogen-bond donors (Lipinski definition) is 1. The van der Waals surface area contributed by atoms with Crippen molar-refractivity contribution in [3.05, 3.63) is 42.6 Å². The molecule has 1 heterocycles. The summed E-state index contributed by atoms with van der Waals surface area (Å²) in [5.74, 6) is 1.75. The van der Waals surface area contributed by atoms with Crippen LogP contribution in [0.4, 0.5) is 0 Å². The monoisotopic (exact) mass is 217 g/mol. The van der Waals surface area contributed by atoms with Gasteiger partial charge in [0, 0.05) is 6.20 Å². The van der Waals surface area contributed by atoms with Gasteiger partial charge in [0.15, 0.2) is 5.75 Å². The minimum Gasteiger partial charge on any atom is -0.508 e. The summed E-state index contributed by atoms with van der Waals surface area (Å²) in [5.41, 5.74) is 0. The van der Waals surface area contributed by atoms with Gasteiger partial charge >= 0.3 is 0 Å². The van der Waals surface area contributed by atoms with E-state index in [0.717, 1.165) is 0 Å². The molecule has 0 saturated heterocycles. The number of benzene rings is 1. The molecule has 0 fully saturated rings. The third kappa shape index (κ3) is 2.23. The molecule has 0 spiro atoms. The maximum absolute atomic E-state index is 9.13. The van der Waals surface area contributed by atoms with Gasteiger partial charge in [-0.1, -0.05) is 0 Å². The van der Waals surface area contributed by atoms with Gasteiger partial charge in [0.25, 0.3) is 5.88 Å². The summed E-state index contributed by atoms with van der Waals surface area (Å²) in [7, 11) is 1.56. The van der Waals surface area contributed by atoms with E-state index in [1.54, 1.807) is 49.7 Å². The zero-order chi connectivity index (χ0) is 11.4. The normalized spacial score (nSPS) is 9.81. The van der Waals surface area contributed by atoms with Gasteiger partial charge < -0.3 is 14.6 Å². The van der Waals surface area contributed by atoms with Gasteiger partial charge in [-0.2, -0.15) is 0 Å². The van der Waals surface area contributed by atoms with E-state index in [0.29, 0.717) is 17.4 Å². The van der Waals surface area contributed by atoms with Crippen molar-refractivity contribution in [1.82, 2.24) is 4.98 Å². The largest absolute Gasteiger partial charge is 0.508 e. The lowest BCUT2D eigenvalue weighted by atomic mass is 10.3. The van der Waals surface area contributed by atoms with Crippen molar-refractivity contribution < 1.29 is 14.6 Å². The maximum Gasteiger partial charge on any atom is 0.262 e. The van der Waals surface area contributed by atoms with Crippen molar-refractivity contribution in [1.29, 1.82) is 0 Å². The highest BCUT2D eigenvalue weighted by Gasteiger charge is 2.05. The van der Waals surface area contributed by atoms with Crippen LogP contribution in [0, 0.1) is 0 Å². The fraction of sp³-hybridized carbons (Fsp3) is 0.0833. The number of hydrogen-bond acceptors (Lipinski definition) is 4. The molecule has 1 aromatic heterocycles. The van der Waals surface area contributed by atoms with Crippen LogP contribution in [0.25, 0.3) is 0 Å². The third-order valence-corrected chi connectivity index (χ3v) is 2.01. The molecule has 4 nitrogen and oxygen atoms in total. The molecule has 0 aliphatic heterocycles. The standard InChI is InChI=1S/C12H11NO3/c1-15-11-3-2-8-13-12(11)16-10-6-4-9(14)5-7-10/h2-8,14H,1H3. The fourth-order valence-electron chi connectivity index (χ4n) is 1.23. The zero-order valence-electron chi connectivity index (χ0n) is 8.75. The average molecular weight is 217 g/mol. The molecule has 2 rings (SSSR count). The average Bonchev–Trinajstić information content (AvgIpc) is 2.33. The first-order valence-electron chi connectivity index (χ1n) is 4.75. The molecule has 0 bridgehead atoms. The van der Waals surface area contributed by atoms with Gasteiger partial charge in [-0.25, -0.2) is 4.98 Å². The predicted molar refractivity (Wildman–Crippen MR) is 59.0 cm³/mol. The summed E-state index contributed by atoms with van der Waals surface area (Å²) in [6, 6.07) is 9.94. The van der Waals surface area contributed by atoms with Gasteiger partial charge in [-0.05, 0) is 36.4 Å². The lowest BCUT2D eigenvalue weighted by Crippen LogP contribution is -1.92. The van der Waals surface area contributed by atoms with E-state index in [1.165, 1.54) is 0 Å². The number of ether oxygens (including phenoxy) is 2. The summed E-state index contributed by atoms with van der Waals surface area (Å²) in [4.78, 5) is 4.06. The van der Waals surface area contributed by atoms with Crippen LogP contribution in [-0.2, 0) is 0 Å². The summed E-state index contributed by atoms with van der Waals surface area (Å²) in [6.07, 6.45) is 1.62. The lowest BCUT2D eigenvalue weighted by Gasteiger charge is -2.08. The molecule has 0 saturated carbocycles. The molecule has 0 aliphatic carbocycles. The van der Waals surface area contributed by atoms with Crippen LogP contribution in [0.2, 0.25) is 0 Å². The van der Waals surface area contributed by atoms with Crippen LogP contribution in [0.3, 0.4) is 0 Å². The van der Waals surface area contributed by atoms with E-state index in [1.807, 2.05) is 0 Å². The van der Waals surface area contributed by atoms with Gasteiger partial charge in [0.05, 0.1) is 7.11 Å². The quantitative estimate of drug-likeness (QED) is 0.858. The van der Waals surface area contributed by atoms with Crippen molar-refractivity contribution >= 4 is 0 Å². The second-order valence-corrected chi connectivity index (χ2v) is 3.11. The van der Waals surface area contributed by atoms with Gasteiger partial charge in [-0.3, -0.25) is 0 Å². The first kappa shape index (κ1) is 10.3. The van der Waals surface area contributed by atoms with Crippen molar-refractivity contribution in [2.45, 2.75) is 0 Å². The van der Waals surface area contributed by atoms with Crippen LogP contribution in [0.5, 0.6) is 23.1 Å². The summed E-state index contributed by atoms with van der Waals surface area (Å²) < 4.78 is 10.6. The predicted octanol–water partition coefficient (Wildman–Crippen LogP) is 2.59. The minimum absolute atomic E-state index is 0.195. The van der Waals surface area contributed by atoms with Crippen LogP contribution in [0.1, 0.15) is 0 Å². The second-order valence-electron chi connectivity index (χ2n) is 3.11. The maximum atomic E-state index is 9.13. The highest BCUT2D eigenvalue weighted by molar-refractivity contribution is 5.38. The number of aromatic hydroxyl groups is 1. The van der Waals surface area contributed by atoms with Crippen molar-refractivity contribution in [3.63, 3.8) is 0 Å². The summed E-state index contributed by atoms with van der Waals surface area (Å²) in [5, 5.41) is 9.13. The molecular formula is C12H11NO3. The Morgan fingerprint density at radius 2 is 1.88 bits per heavy atom.